The van der Waals surface area contributed by atoms with Gasteiger partial charge in [-0.3, -0.25) is 9.59 Å². The van der Waals surface area contributed by atoms with Crippen molar-refractivity contribution in [3.8, 4) is 0 Å². The Morgan fingerprint density at radius 1 is 1.45 bits per heavy atom. The molecule has 116 valence electrons. The first-order chi connectivity index (χ1) is 10.5. The van der Waals surface area contributed by atoms with Crippen LogP contribution in [0.3, 0.4) is 0 Å². The minimum atomic E-state index is -1.47. The molecule has 6 nitrogen and oxygen atoms in total. The van der Waals surface area contributed by atoms with Crippen molar-refractivity contribution in [1.29, 1.82) is 0 Å². The molecule has 1 N–H and O–H groups in total. The van der Waals surface area contributed by atoms with Crippen LogP contribution in [-0.2, 0) is 11.8 Å². The number of alkyl halides is 1. The van der Waals surface area contributed by atoms with Crippen LogP contribution in [0, 0.1) is 5.41 Å². The van der Waals surface area contributed by atoms with Crippen LogP contribution in [0.15, 0.2) is 24.5 Å². The van der Waals surface area contributed by atoms with Gasteiger partial charge in [0, 0.05) is 25.7 Å². The van der Waals surface area contributed by atoms with Crippen LogP contribution in [0.2, 0.25) is 0 Å². The maximum Gasteiger partial charge on any atom is 0.314 e. The van der Waals surface area contributed by atoms with E-state index in [0.717, 1.165) is 5.52 Å². The highest BCUT2D eigenvalue weighted by atomic mass is 19.1. The molecule has 1 aliphatic heterocycles. The number of aromatic nitrogens is 2. The van der Waals surface area contributed by atoms with Gasteiger partial charge in [-0.05, 0) is 24.6 Å². The maximum absolute atomic E-state index is 13.1. The Morgan fingerprint density at radius 2 is 2.23 bits per heavy atom. The lowest BCUT2D eigenvalue weighted by Gasteiger charge is -2.21. The summed E-state index contributed by atoms with van der Waals surface area (Å²) in [4.78, 5) is 29.3. The number of aryl methyl sites for hydroxylation is 1. The summed E-state index contributed by atoms with van der Waals surface area (Å²) in [5.41, 5.74) is 0.570. The fraction of sp³-hybridized carbons (Fsp3) is 0.400. The van der Waals surface area contributed by atoms with Gasteiger partial charge >= 0.3 is 5.97 Å². The van der Waals surface area contributed by atoms with Gasteiger partial charge in [0.1, 0.15) is 12.1 Å². The van der Waals surface area contributed by atoms with Gasteiger partial charge in [-0.25, -0.2) is 9.37 Å². The molecule has 7 heteroatoms. The number of carboxylic acids is 1. The SMILES string of the molecule is Cn1cnc2cc(C(=O)N3CCC(CF)(C(=O)O)C3)ccc21. The fourth-order valence-electron chi connectivity index (χ4n) is 2.84. The van der Waals surface area contributed by atoms with Crippen LogP contribution in [0.4, 0.5) is 4.39 Å². The second-order valence-electron chi connectivity index (χ2n) is 5.75. The number of imidazole rings is 1. The Kier molecular flexibility index (Phi) is 3.35. The lowest BCUT2D eigenvalue weighted by molar-refractivity contribution is -0.149. The van der Waals surface area contributed by atoms with E-state index in [0.29, 0.717) is 11.1 Å². The van der Waals surface area contributed by atoms with Crippen molar-refractivity contribution in [1.82, 2.24) is 14.5 Å². The number of hydrogen-bond acceptors (Lipinski definition) is 3. The average Bonchev–Trinajstić information content (AvgIpc) is 3.11. The van der Waals surface area contributed by atoms with Crippen LogP contribution in [0.1, 0.15) is 16.8 Å². The van der Waals surface area contributed by atoms with Crippen LogP contribution in [0.25, 0.3) is 11.0 Å². The third kappa shape index (κ3) is 2.13. The molecule has 0 aliphatic carbocycles. The van der Waals surface area contributed by atoms with Gasteiger partial charge in [-0.1, -0.05) is 0 Å². The number of amides is 1. The summed E-state index contributed by atoms with van der Waals surface area (Å²) in [6, 6.07) is 5.15. The highest BCUT2D eigenvalue weighted by Gasteiger charge is 2.46. The third-order valence-corrected chi connectivity index (χ3v) is 4.32. The van der Waals surface area contributed by atoms with Crippen LogP contribution >= 0.6 is 0 Å². The minimum absolute atomic E-state index is 0.0993. The van der Waals surface area contributed by atoms with E-state index in [1.807, 2.05) is 11.6 Å². The summed E-state index contributed by atoms with van der Waals surface area (Å²) in [5.74, 6) is -1.48. The molecule has 1 aromatic carbocycles. The fourth-order valence-corrected chi connectivity index (χ4v) is 2.84. The Labute approximate surface area is 126 Å². The average molecular weight is 305 g/mol. The van der Waals surface area contributed by atoms with Gasteiger partial charge < -0.3 is 14.6 Å². The molecule has 1 aromatic heterocycles. The first-order valence-electron chi connectivity index (χ1n) is 6.96. The van der Waals surface area contributed by atoms with E-state index in [1.54, 1.807) is 24.5 Å². The van der Waals surface area contributed by atoms with Gasteiger partial charge in [0.2, 0.25) is 0 Å². The number of aliphatic carboxylic acids is 1. The standard InChI is InChI=1S/C15H16FN3O3/c1-18-9-17-11-6-10(2-3-12(11)18)13(20)19-5-4-15(7-16,8-19)14(21)22/h2-3,6,9H,4-5,7-8H2,1H3,(H,21,22). The number of carbonyl (C=O) groups is 2. The van der Waals surface area contributed by atoms with E-state index in [9.17, 15) is 19.1 Å². The lowest BCUT2D eigenvalue weighted by atomic mass is 9.89. The van der Waals surface area contributed by atoms with Gasteiger partial charge in [0.05, 0.1) is 17.4 Å². The Morgan fingerprint density at radius 3 is 2.86 bits per heavy atom. The van der Waals surface area contributed by atoms with Crippen molar-refractivity contribution in [2.45, 2.75) is 6.42 Å². The highest BCUT2D eigenvalue weighted by Crippen LogP contribution is 2.32. The first-order valence-corrected chi connectivity index (χ1v) is 6.96. The second-order valence-corrected chi connectivity index (χ2v) is 5.75. The quantitative estimate of drug-likeness (QED) is 0.931. The van der Waals surface area contributed by atoms with Crippen LogP contribution in [0.5, 0.6) is 0 Å². The molecule has 1 amide bonds. The van der Waals surface area contributed by atoms with Crippen LogP contribution < -0.4 is 0 Å². The van der Waals surface area contributed by atoms with E-state index in [4.69, 9.17) is 0 Å². The topological polar surface area (TPSA) is 75.4 Å². The van der Waals surface area contributed by atoms with E-state index >= 15 is 0 Å². The zero-order valence-corrected chi connectivity index (χ0v) is 12.1. The summed E-state index contributed by atoms with van der Waals surface area (Å²) in [7, 11) is 1.86. The van der Waals surface area contributed by atoms with Crippen molar-refractivity contribution < 1.29 is 19.1 Å². The number of likely N-dealkylation sites (tertiary alicyclic amines) is 1. The molecule has 1 saturated heterocycles. The molecule has 0 spiro atoms. The third-order valence-electron chi connectivity index (χ3n) is 4.32. The van der Waals surface area contributed by atoms with Gasteiger partial charge in [0.15, 0.2) is 0 Å². The Balaban J connectivity index is 1.86. The molecule has 3 rings (SSSR count). The number of carbonyl (C=O) groups excluding carboxylic acids is 1. The van der Waals surface area contributed by atoms with Crippen molar-refractivity contribution in [2.75, 3.05) is 19.8 Å². The molecular formula is C15H16FN3O3. The predicted molar refractivity (Wildman–Crippen MR) is 77.3 cm³/mol. The summed E-state index contributed by atoms with van der Waals surface area (Å²) >= 11 is 0. The zero-order valence-electron chi connectivity index (χ0n) is 12.1. The molecule has 0 bridgehead atoms. The van der Waals surface area contributed by atoms with E-state index in [1.165, 1.54) is 4.90 Å². The number of benzene rings is 1. The Hall–Kier alpha value is -2.44. The lowest BCUT2D eigenvalue weighted by Crippen LogP contribution is -2.38. The monoisotopic (exact) mass is 305 g/mol. The number of hydrogen-bond donors (Lipinski definition) is 1. The smallest absolute Gasteiger partial charge is 0.314 e. The molecule has 1 fully saturated rings. The summed E-state index contributed by atoms with van der Waals surface area (Å²) in [6.07, 6.45) is 1.80. The van der Waals surface area contributed by atoms with E-state index < -0.39 is 18.1 Å². The largest absolute Gasteiger partial charge is 0.481 e. The van der Waals surface area contributed by atoms with Crippen molar-refractivity contribution in [3.63, 3.8) is 0 Å². The van der Waals surface area contributed by atoms with E-state index in [2.05, 4.69) is 4.98 Å². The molecule has 1 aliphatic rings. The highest BCUT2D eigenvalue weighted by molar-refractivity contribution is 5.98. The number of fused-ring (bicyclic) bond motifs is 1. The second kappa shape index (κ2) is 5.08. The number of nitrogens with zero attached hydrogens (tertiary/aromatic N) is 3. The van der Waals surface area contributed by atoms with Gasteiger partial charge in [0.25, 0.3) is 5.91 Å². The molecule has 2 aromatic rings. The zero-order chi connectivity index (χ0) is 15.9. The molecule has 1 unspecified atom stereocenters. The summed E-state index contributed by atoms with van der Waals surface area (Å²) in [5, 5.41) is 9.19. The summed E-state index contributed by atoms with van der Waals surface area (Å²) < 4.78 is 15.0. The van der Waals surface area contributed by atoms with Crippen molar-refractivity contribution >= 4 is 22.9 Å². The van der Waals surface area contributed by atoms with Crippen LogP contribution in [-0.4, -0.2) is 51.2 Å². The molecule has 0 radical (unpaired) electrons. The molecule has 1 atom stereocenters. The molecule has 0 saturated carbocycles. The first kappa shape index (κ1) is 14.5. The van der Waals surface area contributed by atoms with Gasteiger partial charge in [-0.2, -0.15) is 0 Å². The summed E-state index contributed by atoms with van der Waals surface area (Å²) in [6.45, 7) is -0.821. The maximum atomic E-state index is 13.1. The molecule has 22 heavy (non-hydrogen) atoms. The molecule has 2 heterocycles. The van der Waals surface area contributed by atoms with E-state index in [-0.39, 0.29) is 25.4 Å². The minimum Gasteiger partial charge on any atom is -0.481 e. The van der Waals surface area contributed by atoms with Crippen molar-refractivity contribution in [2.24, 2.45) is 12.5 Å². The number of rotatable bonds is 3. The number of halogens is 1. The Bertz CT molecular complexity index is 758. The predicted octanol–water partition coefficient (Wildman–Crippen LogP) is 1.46. The normalized spacial score (nSPS) is 21.5. The van der Waals surface area contributed by atoms with Gasteiger partial charge in [-0.15, -0.1) is 0 Å². The number of carboxylic acid groups (broad SMARTS) is 1. The van der Waals surface area contributed by atoms with Crippen molar-refractivity contribution in [3.05, 3.63) is 30.1 Å². The molecular weight excluding hydrogens is 289 g/mol.